The zero-order chi connectivity index (χ0) is 21.5. The highest BCUT2D eigenvalue weighted by Crippen LogP contribution is 2.45. The molecule has 0 aliphatic heterocycles. The van der Waals surface area contributed by atoms with Crippen LogP contribution < -0.4 is 4.74 Å². The molecule has 6 aromatic rings. The Hall–Kier alpha value is -4.10. The van der Waals surface area contributed by atoms with E-state index in [0.717, 1.165) is 5.75 Å². The van der Waals surface area contributed by atoms with Crippen molar-refractivity contribution in [2.45, 2.75) is 0 Å². The second kappa shape index (κ2) is 7.55. The first-order valence-electron chi connectivity index (χ1n) is 10.9. The molecule has 0 heterocycles. The number of benzene rings is 6. The summed E-state index contributed by atoms with van der Waals surface area (Å²) < 4.78 is 5.54. The summed E-state index contributed by atoms with van der Waals surface area (Å²) in [6, 6.07) is 41.2. The summed E-state index contributed by atoms with van der Waals surface area (Å²) in [4.78, 5) is 0. The predicted octanol–water partition coefficient (Wildman–Crippen LogP) is 8.49. The Morgan fingerprint density at radius 1 is 0.469 bits per heavy atom. The molecule has 0 aliphatic rings. The zero-order valence-electron chi connectivity index (χ0n) is 17.9. The second-order valence-corrected chi connectivity index (χ2v) is 8.10. The number of hydrogen-bond donors (Lipinski definition) is 0. The smallest absolute Gasteiger partial charge is 0.119 e. The Morgan fingerprint density at radius 3 is 1.66 bits per heavy atom. The van der Waals surface area contributed by atoms with Gasteiger partial charge in [0.1, 0.15) is 5.75 Å². The van der Waals surface area contributed by atoms with Crippen LogP contribution in [0.4, 0.5) is 0 Å². The van der Waals surface area contributed by atoms with E-state index in [1.165, 1.54) is 54.6 Å². The summed E-state index contributed by atoms with van der Waals surface area (Å²) in [6.45, 7) is 0. The molecule has 6 aromatic carbocycles. The molecule has 0 N–H and O–H groups in total. The minimum Gasteiger partial charge on any atom is -0.497 e. The molecule has 0 aromatic heterocycles. The maximum Gasteiger partial charge on any atom is 0.119 e. The molecule has 0 amide bonds. The molecule has 152 valence electrons. The van der Waals surface area contributed by atoms with Crippen molar-refractivity contribution in [3.63, 3.8) is 0 Å². The van der Waals surface area contributed by atoms with Crippen molar-refractivity contribution < 1.29 is 4.74 Å². The van der Waals surface area contributed by atoms with Crippen LogP contribution >= 0.6 is 0 Å². The van der Waals surface area contributed by atoms with Crippen molar-refractivity contribution in [2.24, 2.45) is 0 Å². The van der Waals surface area contributed by atoms with Crippen molar-refractivity contribution in [2.75, 3.05) is 7.11 Å². The van der Waals surface area contributed by atoms with Gasteiger partial charge >= 0.3 is 0 Å². The molecule has 6 rings (SSSR count). The van der Waals surface area contributed by atoms with Gasteiger partial charge < -0.3 is 4.74 Å². The van der Waals surface area contributed by atoms with Gasteiger partial charge in [-0.2, -0.15) is 0 Å². The van der Waals surface area contributed by atoms with Crippen LogP contribution in [-0.4, -0.2) is 7.11 Å². The third-order valence-corrected chi connectivity index (χ3v) is 6.35. The molecule has 0 fully saturated rings. The summed E-state index contributed by atoms with van der Waals surface area (Å²) in [6.07, 6.45) is 0. The van der Waals surface area contributed by atoms with Gasteiger partial charge in [0.25, 0.3) is 0 Å². The van der Waals surface area contributed by atoms with E-state index in [0.29, 0.717) is 0 Å². The number of fused-ring (bicyclic) bond motifs is 3. The molecule has 0 saturated heterocycles. The van der Waals surface area contributed by atoms with Gasteiger partial charge in [-0.3, -0.25) is 0 Å². The highest BCUT2D eigenvalue weighted by atomic mass is 16.5. The molecule has 0 bridgehead atoms. The zero-order valence-corrected chi connectivity index (χ0v) is 17.9. The summed E-state index contributed by atoms with van der Waals surface area (Å²) in [5.41, 5.74) is 4.98. The molecule has 1 nitrogen and oxygen atoms in total. The van der Waals surface area contributed by atoms with Gasteiger partial charge in [-0.25, -0.2) is 0 Å². The van der Waals surface area contributed by atoms with E-state index in [9.17, 15) is 0 Å². The lowest BCUT2D eigenvalue weighted by atomic mass is 9.85. The average molecular weight is 411 g/mol. The van der Waals surface area contributed by atoms with Crippen LogP contribution in [0, 0.1) is 0 Å². The Balaban J connectivity index is 1.81. The van der Waals surface area contributed by atoms with Gasteiger partial charge in [-0.05, 0) is 66.7 Å². The van der Waals surface area contributed by atoms with Crippen LogP contribution in [0.3, 0.4) is 0 Å². The first-order valence-corrected chi connectivity index (χ1v) is 10.9. The topological polar surface area (TPSA) is 9.23 Å². The van der Waals surface area contributed by atoms with E-state index in [-0.39, 0.29) is 0 Å². The summed E-state index contributed by atoms with van der Waals surface area (Å²) in [5.74, 6) is 0.869. The molecule has 32 heavy (non-hydrogen) atoms. The standard InChI is InChI=1S/C31H22O/c1-32-23-13-8-12-22(20-23)30-26-15-4-6-17-28(26)31(29-18-7-5-16-27(29)30)25-19-9-11-21-10-2-3-14-24(21)25/h2-20H,1H3. The minimum atomic E-state index is 0.869. The molecular weight excluding hydrogens is 388 g/mol. The maximum atomic E-state index is 5.54. The lowest BCUT2D eigenvalue weighted by Gasteiger charge is -2.19. The van der Waals surface area contributed by atoms with E-state index in [1.54, 1.807) is 7.11 Å². The maximum absolute atomic E-state index is 5.54. The first-order chi connectivity index (χ1) is 15.8. The largest absolute Gasteiger partial charge is 0.497 e. The van der Waals surface area contributed by atoms with Crippen molar-refractivity contribution in [1.29, 1.82) is 0 Å². The minimum absolute atomic E-state index is 0.869. The van der Waals surface area contributed by atoms with E-state index in [1.807, 2.05) is 6.07 Å². The van der Waals surface area contributed by atoms with E-state index < -0.39 is 0 Å². The highest BCUT2D eigenvalue weighted by Gasteiger charge is 2.17. The fraction of sp³-hybridized carbons (Fsp3) is 0.0323. The van der Waals surface area contributed by atoms with Crippen LogP contribution in [0.2, 0.25) is 0 Å². The van der Waals surface area contributed by atoms with E-state index in [4.69, 9.17) is 4.74 Å². The Morgan fingerprint density at radius 2 is 1.00 bits per heavy atom. The molecule has 0 atom stereocenters. The van der Waals surface area contributed by atoms with Crippen molar-refractivity contribution in [1.82, 2.24) is 0 Å². The van der Waals surface area contributed by atoms with Gasteiger partial charge in [0.2, 0.25) is 0 Å². The normalized spacial score (nSPS) is 11.3. The number of ether oxygens (including phenoxy) is 1. The molecule has 0 spiro atoms. The Bertz CT molecular complexity index is 1550. The van der Waals surface area contributed by atoms with Crippen LogP contribution in [0.1, 0.15) is 0 Å². The van der Waals surface area contributed by atoms with Gasteiger partial charge in [-0.1, -0.05) is 103 Å². The van der Waals surface area contributed by atoms with Crippen LogP contribution in [0.5, 0.6) is 5.75 Å². The fourth-order valence-electron chi connectivity index (χ4n) is 4.95. The third kappa shape index (κ3) is 2.86. The first kappa shape index (κ1) is 18.7. The average Bonchev–Trinajstić information content (AvgIpc) is 2.87. The molecule has 0 radical (unpaired) electrons. The van der Waals surface area contributed by atoms with Crippen molar-refractivity contribution in [3.8, 4) is 28.0 Å². The number of hydrogen-bond acceptors (Lipinski definition) is 1. The Labute approximate surface area is 187 Å². The van der Waals surface area contributed by atoms with Crippen LogP contribution in [0.25, 0.3) is 54.6 Å². The van der Waals surface area contributed by atoms with Crippen LogP contribution in [-0.2, 0) is 0 Å². The van der Waals surface area contributed by atoms with Gasteiger partial charge in [0, 0.05) is 0 Å². The molecule has 1 heteroatoms. The third-order valence-electron chi connectivity index (χ3n) is 6.35. The molecular formula is C31H22O. The summed E-state index contributed by atoms with van der Waals surface area (Å²) in [5, 5.41) is 7.57. The van der Waals surface area contributed by atoms with E-state index in [2.05, 4.69) is 109 Å². The quantitative estimate of drug-likeness (QED) is 0.266. The van der Waals surface area contributed by atoms with E-state index >= 15 is 0 Å². The summed E-state index contributed by atoms with van der Waals surface area (Å²) >= 11 is 0. The fourth-order valence-corrected chi connectivity index (χ4v) is 4.95. The van der Waals surface area contributed by atoms with Crippen molar-refractivity contribution in [3.05, 3.63) is 115 Å². The predicted molar refractivity (Wildman–Crippen MR) is 136 cm³/mol. The lowest BCUT2D eigenvalue weighted by Crippen LogP contribution is -1.92. The molecule has 0 aliphatic carbocycles. The SMILES string of the molecule is COc1cccc(-c2c3ccccc3c(-c3cccc4ccccc34)c3ccccc23)c1. The highest BCUT2D eigenvalue weighted by molar-refractivity contribution is 6.23. The van der Waals surface area contributed by atoms with Crippen LogP contribution in [0.15, 0.2) is 115 Å². The number of rotatable bonds is 3. The second-order valence-electron chi connectivity index (χ2n) is 8.10. The monoisotopic (exact) mass is 410 g/mol. The number of methoxy groups -OCH3 is 1. The Kier molecular flexibility index (Phi) is 4.40. The van der Waals surface area contributed by atoms with Gasteiger partial charge in [0.05, 0.1) is 7.11 Å². The lowest BCUT2D eigenvalue weighted by molar-refractivity contribution is 0.415. The molecule has 0 unspecified atom stereocenters. The molecule has 0 saturated carbocycles. The van der Waals surface area contributed by atoms with Gasteiger partial charge in [0.15, 0.2) is 0 Å². The summed E-state index contributed by atoms with van der Waals surface area (Å²) in [7, 11) is 1.72. The van der Waals surface area contributed by atoms with Gasteiger partial charge in [-0.15, -0.1) is 0 Å². The van der Waals surface area contributed by atoms with Crippen molar-refractivity contribution >= 4 is 32.3 Å².